The van der Waals surface area contributed by atoms with Gasteiger partial charge in [0, 0.05) is 12.2 Å². The standard InChI is InChI=1S/C14H20N2O3/c1-8-5-12(13(14(18)19)9(2)16-8)15-7-10-3-4-11(17)6-10/h5,10-11,17H,3-4,6-7H2,1-2H3,(H,15,16)(H,18,19). The highest BCUT2D eigenvalue weighted by molar-refractivity contribution is 5.95. The van der Waals surface area contributed by atoms with E-state index in [1.165, 1.54) is 0 Å². The third kappa shape index (κ3) is 3.23. The molecule has 0 spiro atoms. The van der Waals surface area contributed by atoms with Gasteiger partial charge in [0.15, 0.2) is 0 Å². The first-order chi connectivity index (χ1) is 8.97. The van der Waals surface area contributed by atoms with Gasteiger partial charge in [-0.1, -0.05) is 0 Å². The lowest BCUT2D eigenvalue weighted by Crippen LogP contribution is -2.16. The molecule has 2 unspecified atom stereocenters. The Bertz CT molecular complexity index is 488. The van der Waals surface area contributed by atoms with Crippen molar-refractivity contribution in [1.82, 2.24) is 4.98 Å². The normalized spacial score (nSPS) is 22.5. The number of aromatic nitrogens is 1. The van der Waals surface area contributed by atoms with Gasteiger partial charge in [-0.25, -0.2) is 4.79 Å². The molecule has 0 bridgehead atoms. The molecule has 0 saturated heterocycles. The van der Waals surface area contributed by atoms with Crippen LogP contribution in [0.4, 0.5) is 5.69 Å². The minimum absolute atomic E-state index is 0.202. The predicted molar refractivity (Wildman–Crippen MR) is 72.5 cm³/mol. The molecule has 1 fully saturated rings. The molecular weight excluding hydrogens is 244 g/mol. The van der Waals surface area contributed by atoms with Crippen LogP contribution in [-0.2, 0) is 0 Å². The van der Waals surface area contributed by atoms with Crippen molar-refractivity contribution in [3.63, 3.8) is 0 Å². The van der Waals surface area contributed by atoms with Crippen molar-refractivity contribution >= 4 is 11.7 Å². The highest BCUT2D eigenvalue weighted by atomic mass is 16.4. The number of aromatic carboxylic acids is 1. The largest absolute Gasteiger partial charge is 0.478 e. The summed E-state index contributed by atoms with van der Waals surface area (Å²) >= 11 is 0. The SMILES string of the molecule is Cc1cc(NCC2CCC(O)C2)c(C(=O)O)c(C)n1. The van der Waals surface area contributed by atoms with E-state index in [2.05, 4.69) is 10.3 Å². The zero-order valence-electron chi connectivity index (χ0n) is 11.3. The Hall–Kier alpha value is -1.62. The molecule has 5 heteroatoms. The van der Waals surface area contributed by atoms with Gasteiger partial charge in [0.05, 0.1) is 17.5 Å². The molecule has 19 heavy (non-hydrogen) atoms. The molecule has 104 valence electrons. The van der Waals surface area contributed by atoms with Crippen LogP contribution in [0.5, 0.6) is 0 Å². The van der Waals surface area contributed by atoms with E-state index in [4.69, 9.17) is 0 Å². The lowest BCUT2D eigenvalue weighted by molar-refractivity contribution is 0.0696. The number of carboxylic acid groups (broad SMARTS) is 1. The molecular formula is C14H20N2O3. The Morgan fingerprint density at radius 3 is 2.79 bits per heavy atom. The number of nitrogens with one attached hydrogen (secondary N) is 1. The third-order valence-corrected chi connectivity index (χ3v) is 3.64. The Kier molecular flexibility index (Phi) is 4.04. The van der Waals surface area contributed by atoms with Gasteiger partial charge in [-0.15, -0.1) is 0 Å². The molecule has 0 aliphatic heterocycles. The summed E-state index contributed by atoms with van der Waals surface area (Å²) in [6.07, 6.45) is 2.41. The number of anilines is 1. The molecule has 1 saturated carbocycles. The van der Waals surface area contributed by atoms with E-state index in [9.17, 15) is 15.0 Å². The first-order valence-corrected chi connectivity index (χ1v) is 6.61. The summed E-state index contributed by atoms with van der Waals surface area (Å²) in [6.45, 7) is 4.25. The van der Waals surface area contributed by atoms with Crippen molar-refractivity contribution in [1.29, 1.82) is 0 Å². The van der Waals surface area contributed by atoms with Gasteiger partial charge >= 0.3 is 5.97 Å². The van der Waals surface area contributed by atoms with Crippen molar-refractivity contribution in [2.24, 2.45) is 5.92 Å². The van der Waals surface area contributed by atoms with Crippen molar-refractivity contribution in [3.8, 4) is 0 Å². The zero-order chi connectivity index (χ0) is 14.0. The minimum Gasteiger partial charge on any atom is -0.478 e. The highest BCUT2D eigenvalue weighted by Gasteiger charge is 2.23. The van der Waals surface area contributed by atoms with Crippen LogP contribution in [0, 0.1) is 19.8 Å². The van der Waals surface area contributed by atoms with Gasteiger partial charge in [0.2, 0.25) is 0 Å². The Morgan fingerprint density at radius 1 is 1.47 bits per heavy atom. The number of carbonyl (C=O) groups is 1. The summed E-state index contributed by atoms with van der Waals surface area (Å²) in [7, 11) is 0. The number of carboxylic acids is 1. The van der Waals surface area contributed by atoms with Crippen molar-refractivity contribution in [3.05, 3.63) is 23.0 Å². The fraction of sp³-hybridized carbons (Fsp3) is 0.571. The molecule has 1 aromatic heterocycles. The highest BCUT2D eigenvalue weighted by Crippen LogP contribution is 2.27. The molecule has 0 amide bonds. The van der Waals surface area contributed by atoms with Crippen LogP contribution in [0.1, 0.15) is 41.0 Å². The summed E-state index contributed by atoms with van der Waals surface area (Å²) in [5.74, 6) is -0.552. The molecule has 5 nitrogen and oxygen atoms in total. The van der Waals surface area contributed by atoms with E-state index in [1.807, 2.05) is 6.92 Å². The predicted octanol–water partition coefficient (Wildman–Crippen LogP) is 1.97. The molecule has 1 aliphatic rings. The van der Waals surface area contributed by atoms with E-state index in [0.29, 0.717) is 23.8 Å². The summed E-state index contributed by atoms with van der Waals surface area (Å²) < 4.78 is 0. The minimum atomic E-state index is -0.959. The number of nitrogens with zero attached hydrogens (tertiary/aromatic N) is 1. The number of hydrogen-bond acceptors (Lipinski definition) is 4. The topological polar surface area (TPSA) is 82.5 Å². The van der Waals surface area contributed by atoms with E-state index >= 15 is 0 Å². The van der Waals surface area contributed by atoms with E-state index in [0.717, 1.165) is 25.0 Å². The van der Waals surface area contributed by atoms with Gasteiger partial charge in [-0.2, -0.15) is 0 Å². The summed E-state index contributed by atoms with van der Waals surface area (Å²) in [6, 6.07) is 1.77. The molecule has 1 aromatic rings. The lowest BCUT2D eigenvalue weighted by Gasteiger charge is -2.15. The monoisotopic (exact) mass is 264 g/mol. The van der Waals surface area contributed by atoms with Gasteiger partial charge in [0.25, 0.3) is 0 Å². The quantitative estimate of drug-likeness (QED) is 0.774. The number of aliphatic hydroxyl groups is 1. The molecule has 1 heterocycles. The number of hydrogen-bond donors (Lipinski definition) is 3. The molecule has 3 N–H and O–H groups in total. The van der Waals surface area contributed by atoms with E-state index in [-0.39, 0.29) is 11.7 Å². The van der Waals surface area contributed by atoms with Crippen LogP contribution < -0.4 is 5.32 Å². The molecule has 0 radical (unpaired) electrons. The average Bonchev–Trinajstić information content (AvgIpc) is 2.71. The van der Waals surface area contributed by atoms with Crippen LogP contribution in [-0.4, -0.2) is 33.8 Å². The fourth-order valence-electron chi connectivity index (χ4n) is 2.73. The van der Waals surface area contributed by atoms with Crippen molar-refractivity contribution < 1.29 is 15.0 Å². The number of pyridine rings is 1. The average molecular weight is 264 g/mol. The number of aliphatic hydroxyl groups excluding tert-OH is 1. The molecule has 2 atom stereocenters. The summed E-state index contributed by atoms with van der Waals surface area (Å²) in [5.41, 5.74) is 2.20. The first kappa shape index (κ1) is 13.8. The van der Waals surface area contributed by atoms with E-state index < -0.39 is 5.97 Å². The maximum atomic E-state index is 11.3. The Labute approximate surface area is 112 Å². The lowest BCUT2D eigenvalue weighted by atomic mass is 10.1. The van der Waals surface area contributed by atoms with Gasteiger partial charge in [-0.05, 0) is 45.1 Å². The Balaban J connectivity index is 2.12. The first-order valence-electron chi connectivity index (χ1n) is 6.61. The number of rotatable bonds is 4. The van der Waals surface area contributed by atoms with Crippen LogP contribution in [0.3, 0.4) is 0 Å². The Morgan fingerprint density at radius 2 is 2.21 bits per heavy atom. The van der Waals surface area contributed by atoms with Gasteiger partial charge in [0.1, 0.15) is 5.56 Å². The maximum Gasteiger partial charge on any atom is 0.339 e. The van der Waals surface area contributed by atoms with Crippen LogP contribution in [0.15, 0.2) is 6.07 Å². The smallest absolute Gasteiger partial charge is 0.339 e. The number of aryl methyl sites for hydroxylation is 2. The fourth-order valence-corrected chi connectivity index (χ4v) is 2.73. The van der Waals surface area contributed by atoms with Crippen LogP contribution >= 0.6 is 0 Å². The maximum absolute atomic E-state index is 11.3. The van der Waals surface area contributed by atoms with Crippen molar-refractivity contribution in [2.75, 3.05) is 11.9 Å². The van der Waals surface area contributed by atoms with Crippen molar-refractivity contribution in [2.45, 2.75) is 39.2 Å². The summed E-state index contributed by atoms with van der Waals surface area (Å²) in [4.78, 5) is 15.5. The second-order valence-corrected chi connectivity index (χ2v) is 5.29. The third-order valence-electron chi connectivity index (χ3n) is 3.64. The molecule has 1 aliphatic carbocycles. The zero-order valence-corrected chi connectivity index (χ0v) is 11.3. The molecule has 2 rings (SSSR count). The molecule has 0 aromatic carbocycles. The van der Waals surface area contributed by atoms with Crippen LogP contribution in [0.25, 0.3) is 0 Å². The second-order valence-electron chi connectivity index (χ2n) is 5.29. The van der Waals surface area contributed by atoms with Crippen LogP contribution in [0.2, 0.25) is 0 Å². The van der Waals surface area contributed by atoms with Gasteiger partial charge < -0.3 is 15.5 Å². The van der Waals surface area contributed by atoms with E-state index in [1.54, 1.807) is 13.0 Å². The van der Waals surface area contributed by atoms with Gasteiger partial charge in [-0.3, -0.25) is 4.98 Å². The second kappa shape index (κ2) is 5.57. The summed E-state index contributed by atoms with van der Waals surface area (Å²) in [5, 5.41) is 22.0.